The van der Waals surface area contributed by atoms with E-state index in [0.29, 0.717) is 5.92 Å². The smallest absolute Gasteiger partial charge is 0.321 e. The zero-order valence-corrected chi connectivity index (χ0v) is 14.6. The van der Waals surface area contributed by atoms with Gasteiger partial charge in [-0.25, -0.2) is 4.79 Å². The van der Waals surface area contributed by atoms with Gasteiger partial charge >= 0.3 is 6.03 Å². The molecule has 0 saturated carbocycles. The zero-order valence-electron chi connectivity index (χ0n) is 13.8. The molecule has 25 heavy (non-hydrogen) atoms. The number of amides is 2. The second kappa shape index (κ2) is 6.81. The number of anilines is 1. The number of aromatic amines is 1. The minimum absolute atomic E-state index is 0.0203. The predicted octanol–water partition coefficient (Wildman–Crippen LogP) is 5.23. The first kappa shape index (κ1) is 16.0. The highest BCUT2D eigenvalue weighted by atomic mass is 35.5. The van der Waals surface area contributed by atoms with Crippen molar-refractivity contribution in [2.45, 2.75) is 18.8 Å². The largest absolute Gasteiger partial charge is 0.358 e. The SMILES string of the molecule is O=C(Nc1ccccc1)N1CCC(c2cc3cc(Cl)ccc3[nH]2)CC1. The standard InChI is InChI=1S/C20H20ClN3O/c21-16-6-7-18-15(12-16)13-19(23-18)14-8-10-24(11-9-14)20(25)22-17-4-2-1-3-5-17/h1-7,12-14,23H,8-11H2,(H,22,25). The van der Waals surface area contributed by atoms with Gasteiger partial charge in [-0.05, 0) is 49.2 Å². The maximum absolute atomic E-state index is 12.4. The Hall–Kier alpha value is -2.46. The van der Waals surface area contributed by atoms with Crippen molar-refractivity contribution < 1.29 is 4.79 Å². The van der Waals surface area contributed by atoms with Crippen LogP contribution in [0.25, 0.3) is 10.9 Å². The van der Waals surface area contributed by atoms with Crippen LogP contribution in [0.1, 0.15) is 24.5 Å². The molecule has 2 N–H and O–H groups in total. The predicted molar refractivity (Wildman–Crippen MR) is 102 cm³/mol. The number of carbonyl (C=O) groups excluding carboxylic acids is 1. The van der Waals surface area contributed by atoms with Crippen LogP contribution >= 0.6 is 11.6 Å². The van der Waals surface area contributed by atoms with Crippen molar-refractivity contribution in [2.75, 3.05) is 18.4 Å². The number of nitrogens with zero attached hydrogens (tertiary/aromatic N) is 1. The van der Waals surface area contributed by atoms with Gasteiger partial charge in [-0.3, -0.25) is 0 Å². The molecule has 0 spiro atoms. The molecule has 0 bridgehead atoms. The monoisotopic (exact) mass is 353 g/mol. The molecule has 0 unspecified atom stereocenters. The Balaban J connectivity index is 1.39. The van der Waals surface area contributed by atoms with Crippen LogP contribution in [0.4, 0.5) is 10.5 Å². The molecule has 2 aromatic carbocycles. The molecule has 1 aliphatic heterocycles. The first-order valence-corrected chi connectivity index (χ1v) is 8.96. The highest BCUT2D eigenvalue weighted by Crippen LogP contribution is 2.31. The highest BCUT2D eigenvalue weighted by molar-refractivity contribution is 6.31. The minimum atomic E-state index is -0.0203. The van der Waals surface area contributed by atoms with Gasteiger partial charge in [0, 0.05) is 46.3 Å². The summed E-state index contributed by atoms with van der Waals surface area (Å²) in [4.78, 5) is 17.8. The molecular weight excluding hydrogens is 334 g/mol. The summed E-state index contributed by atoms with van der Waals surface area (Å²) >= 11 is 6.07. The number of hydrogen-bond acceptors (Lipinski definition) is 1. The van der Waals surface area contributed by atoms with Crippen molar-refractivity contribution in [3.63, 3.8) is 0 Å². The summed E-state index contributed by atoms with van der Waals surface area (Å²) in [5.74, 6) is 0.451. The van der Waals surface area contributed by atoms with Crippen LogP contribution in [0.5, 0.6) is 0 Å². The Bertz CT molecular complexity index is 882. The molecule has 0 radical (unpaired) electrons. The third-order valence-corrected chi connectivity index (χ3v) is 5.09. The van der Waals surface area contributed by atoms with Crippen molar-refractivity contribution in [1.82, 2.24) is 9.88 Å². The van der Waals surface area contributed by atoms with Gasteiger partial charge in [-0.15, -0.1) is 0 Å². The van der Waals surface area contributed by atoms with Crippen LogP contribution in [0.15, 0.2) is 54.6 Å². The third-order valence-electron chi connectivity index (χ3n) is 4.85. The number of nitrogens with one attached hydrogen (secondary N) is 2. The van der Waals surface area contributed by atoms with E-state index in [1.165, 1.54) is 5.69 Å². The molecule has 2 heterocycles. The lowest BCUT2D eigenvalue weighted by Gasteiger charge is -2.31. The topological polar surface area (TPSA) is 48.1 Å². The molecule has 5 heteroatoms. The van der Waals surface area contributed by atoms with Gasteiger partial charge in [0.2, 0.25) is 0 Å². The Morgan fingerprint density at radius 3 is 2.60 bits per heavy atom. The molecular formula is C20H20ClN3O. The van der Waals surface area contributed by atoms with E-state index in [9.17, 15) is 4.79 Å². The number of likely N-dealkylation sites (tertiary alicyclic amines) is 1. The number of para-hydroxylation sites is 1. The van der Waals surface area contributed by atoms with Crippen molar-refractivity contribution in [1.29, 1.82) is 0 Å². The summed E-state index contributed by atoms with van der Waals surface area (Å²) < 4.78 is 0. The molecule has 1 aliphatic rings. The normalized spacial score (nSPS) is 15.5. The van der Waals surface area contributed by atoms with Gasteiger partial charge in [0.05, 0.1) is 0 Å². The maximum atomic E-state index is 12.4. The number of halogens is 1. The number of aromatic nitrogens is 1. The summed E-state index contributed by atoms with van der Waals surface area (Å²) in [6, 6.07) is 17.7. The molecule has 0 aliphatic carbocycles. The molecule has 1 aromatic heterocycles. The van der Waals surface area contributed by atoms with Crippen LogP contribution in [0, 0.1) is 0 Å². The fraction of sp³-hybridized carbons (Fsp3) is 0.250. The van der Waals surface area contributed by atoms with E-state index in [1.54, 1.807) is 0 Å². The number of rotatable bonds is 2. The first-order chi connectivity index (χ1) is 12.2. The molecule has 3 aromatic rings. The minimum Gasteiger partial charge on any atom is -0.358 e. The Labute approximate surface area is 151 Å². The van der Waals surface area contributed by atoms with Gasteiger partial charge in [0.25, 0.3) is 0 Å². The Kier molecular flexibility index (Phi) is 4.36. The molecule has 4 rings (SSSR count). The van der Waals surface area contributed by atoms with Crippen LogP contribution in [0.2, 0.25) is 5.02 Å². The second-order valence-electron chi connectivity index (χ2n) is 6.51. The summed E-state index contributed by atoms with van der Waals surface area (Å²) in [5, 5.41) is 4.86. The lowest BCUT2D eigenvalue weighted by atomic mass is 9.94. The Morgan fingerprint density at radius 1 is 1.08 bits per heavy atom. The Morgan fingerprint density at radius 2 is 1.84 bits per heavy atom. The third kappa shape index (κ3) is 3.49. The second-order valence-corrected chi connectivity index (χ2v) is 6.95. The summed E-state index contributed by atoms with van der Waals surface area (Å²) in [7, 11) is 0. The van der Waals surface area contributed by atoms with E-state index >= 15 is 0 Å². The molecule has 4 nitrogen and oxygen atoms in total. The van der Waals surface area contributed by atoms with Crippen molar-refractivity contribution in [3.05, 3.63) is 65.3 Å². The fourth-order valence-electron chi connectivity index (χ4n) is 3.46. The average molecular weight is 354 g/mol. The van der Waals surface area contributed by atoms with Gasteiger partial charge < -0.3 is 15.2 Å². The van der Waals surface area contributed by atoms with Gasteiger partial charge in [0.1, 0.15) is 0 Å². The van der Waals surface area contributed by atoms with Crippen LogP contribution < -0.4 is 5.32 Å². The van der Waals surface area contributed by atoms with Crippen molar-refractivity contribution in [2.24, 2.45) is 0 Å². The number of urea groups is 1. The van der Waals surface area contributed by atoms with Gasteiger partial charge in [0.15, 0.2) is 0 Å². The summed E-state index contributed by atoms with van der Waals surface area (Å²) in [6.07, 6.45) is 1.92. The number of piperidine rings is 1. The van der Waals surface area contributed by atoms with Crippen LogP contribution in [-0.4, -0.2) is 29.0 Å². The fourth-order valence-corrected chi connectivity index (χ4v) is 3.64. The van der Waals surface area contributed by atoms with E-state index in [-0.39, 0.29) is 6.03 Å². The summed E-state index contributed by atoms with van der Waals surface area (Å²) in [5.41, 5.74) is 3.19. The van der Waals surface area contributed by atoms with E-state index in [4.69, 9.17) is 11.6 Å². The van der Waals surface area contributed by atoms with Crippen LogP contribution in [0.3, 0.4) is 0 Å². The zero-order chi connectivity index (χ0) is 17.2. The van der Waals surface area contributed by atoms with E-state index < -0.39 is 0 Å². The lowest BCUT2D eigenvalue weighted by Crippen LogP contribution is -2.40. The number of hydrogen-bond donors (Lipinski definition) is 2. The van der Waals surface area contributed by atoms with E-state index in [0.717, 1.165) is 47.5 Å². The van der Waals surface area contributed by atoms with E-state index in [1.807, 2.05) is 53.4 Å². The summed E-state index contributed by atoms with van der Waals surface area (Å²) in [6.45, 7) is 1.53. The number of H-pyrrole nitrogens is 1. The molecule has 128 valence electrons. The molecule has 1 fully saturated rings. The molecule has 2 amide bonds. The number of carbonyl (C=O) groups is 1. The number of fused-ring (bicyclic) bond motifs is 1. The number of benzene rings is 2. The average Bonchev–Trinajstić information content (AvgIpc) is 3.06. The van der Waals surface area contributed by atoms with Crippen LogP contribution in [-0.2, 0) is 0 Å². The van der Waals surface area contributed by atoms with Gasteiger partial charge in [-0.1, -0.05) is 29.8 Å². The van der Waals surface area contributed by atoms with Crippen molar-refractivity contribution >= 4 is 34.2 Å². The first-order valence-electron chi connectivity index (χ1n) is 8.58. The molecule has 0 atom stereocenters. The van der Waals surface area contributed by atoms with E-state index in [2.05, 4.69) is 16.4 Å². The lowest BCUT2D eigenvalue weighted by molar-refractivity contribution is 0.194. The quantitative estimate of drug-likeness (QED) is 0.650. The highest BCUT2D eigenvalue weighted by Gasteiger charge is 2.24. The van der Waals surface area contributed by atoms with Crippen molar-refractivity contribution in [3.8, 4) is 0 Å². The van der Waals surface area contributed by atoms with Gasteiger partial charge in [-0.2, -0.15) is 0 Å². The molecule has 1 saturated heterocycles. The maximum Gasteiger partial charge on any atom is 0.321 e.